The first-order valence-corrected chi connectivity index (χ1v) is 5.36. The molecule has 4 nitrogen and oxygen atoms in total. The van der Waals surface area contributed by atoms with Crippen LogP contribution in [-0.4, -0.2) is 17.9 Å². The molecule has 0 aromatic heterocycles. The van der Waals surface area contributed by atoms with Crippen molar-refractivity contribution in [3.8, 4) is 5.75 Å². The molecule has 0 unspecified atom stereocenters. The van der Waals surface area contributed by atoms with Gasteiger partial charge in [-0.05, 0) is 39.0 Å². The van der Waals surface area contributed by atoms with Crippen molar-refractivity contribution in [3.05, 3.63) is 23.8 Å². The highest BCUT2D eigenvalue weighted by atomic mass is 19.4. The molecule has 1 rings (SSSR count). The predicted octanol–water partition coefficient (Wildman–Crippen LogP) is 3.12. The molecular formula is C12H14F3NO3. The standard InChI is InChI=1S/C12H14F3NO3/c1-11(2,3)19-10(17)8-6-7(16)4-5-9(8)18-12(13,14)15/h4-6H,16H2,1-3H3. The van der Waals surface area contributed by atoms with E-state index in [4.69, 9.17) is 10.5 Å². The van der Waals surface area contributed by atoms with Crippen LogP contribution in [0.3, 0.4) is 0 Å². The predicted molar refractivity (Wildman–Crippen MR) is 62.7 cm³/mol. The van der Waals surface area contributed by atoms with Crippen molar-refractivity contribution in [2.24, 2.45) is 0 Å². The van der Waals surface area contributed by atoms with Gasteiger partial charge in [0.1, 0.15) is 16.9 Å². The van der Waals surface area contributed by atoms with E-state index in [1.54, 1.807) is 20.8 Å². The van der Waals surface area contributed by atoms with Gasteiger partial charge in [0, 0.05) is 5.69 Å². The summed E-state index contributed by atoms with van der Waals surface area (Å²) < 4.78 is 45.4. The van der Waals surface area contributed by atoms with E-state index < -0.39 is 23.7 Å². The number of hydrogen-bond acceptors (Lipinski definition) is 4. The lowest BCUT2D eigenvalue weighted by Crippen LogP contribution is -2.25. The summed E-state index contributed by atoms with van der Waals surface area (Å²) in [7, 11) is 0. The molecule has 0 amide bonds. The van der Waals surface area contributed by atoms with Crippen LogP contribution in [0.25, 0.3) is 0 Å². The van der Waals surface area contributed by atoms with Crippen LogP contribution in [0.5, 0.6) is 5.75 Å². The van der Waals surface area contributed by atoms with E-state index in [9.17, 15) is 18.0 Å². The topological polar surface area (TPSA) is 61.5 Å². The van der Waals surface area contributed by atoms with E-state index in [1.165, 1.54) is 6.07 Å². The molecule has 0 spiro atoms. The summed E-state index contributed by atoms with van der Waals surface area (Å²) in [5, 5.41) is 0. The van der Waals surface area contributed by atoms with Crippen LogP contribution in [-0.2, 0) is 4.74 Å². The quantitative estimate of drug-likeness (QED) is 0.666. The Bertz CT molecular complexity index is 478. The van der Waals surface area contributed by atoms with Gasteiger partial charge in [0.15, 0.2) is 0 Å². The van der Waals surface area contributed by atoms with Gasteiger partial charge in [-0.3, -0.25) is 0 Å². The van der Waals surface area contributed by atoms with Crippen molar-refractivity contribution in [2.45, 2.75) is 32.7 Å². The Morgan fingerprint density at radius 1 is 1.21 bits per heavy atom. The molecule has 0 saturated carbocycles. The molecule has 19 heavy (non-hydrogen) atoms. The zero-order valence-corrected chi connectivity index (χ0v) is 10.7. The third-order valence-corrected chi connectivity index (χ3v) is 1.85. The van der Waals surface area contributed by atoms with E-state index in [-0.39, 0.29) is 11.3 Å². The van der Waals surface area contributed by atoms with E-state index in [2.05, 4.69) is 4.74 Å². The van der Waals surface area contributed by atoms with Gasteiger partial charge in [0.2, 0.25) is 0 Å². The minimum absolute atomic E-state index is 0.135. The summed E-state index contributed by atoms with van der Waals surface area (Å²) in [5.41, 5.74) is 4.38. The van der Waals surface area contributed by atoms with Gasteiger partial charge in [-0.25, -0.2) is 4.79 Å². The van der Waals surface area contributed by atoms with Crippen LogP contribution in [0, 0.1) is 0 Å². The highest BCUT2D eigenvalue weighted by Gasteiger charge is 2.33. The maximum Gasteiger partial charge on any atom is 0.573 e. The summed E-state index contributed by atoms with van der Waals surface area (Å²) in [4.78, 5) is 11.8. The second-order valence-corrected chi connectivity index (χ2v) is 4.81. The zero-order valence-electron chi connectivity index (χ0n) is 10.7. The molecule has 0 aliphatic heterocycles. The van der Waals surface area contributed by atoms with Gasteiger partial charge in [0.05, 0.1) is 0 Å². The summed E-state index contributed by atoms with van der Waals surface area (Å²) in [6.45, 7) is 4.80. The Balaban J connectivity index is 3.10. The molecule has 0 radical (unpaired) electrons. The SMILES string of the molecule is CC(C)(C)OC(=O)c1cc(N)ccc1OC(F)(F)F. The lowest BCUT2D eigenvalue weighted by Gasteiger charge is -2.21. The highest BCUT2D eigenvalue weighted by Crippen LogP contribution is 2.29. The van der Waals surface area contributed by atoms with E-state index in [0.29, 0.717) is 0 Å². The second-order valence-electron chi connectivity index (χ2n) is 4.81. The molecule has 2 N–H and O–H groups in total. The number of benzene rings is 1. The van der Waals surface area contributed by atoms with Crippen molar-refractivity contribution in [3.63, 3.8) is 0 Å². The number of rotatable bonds is 2. The minimum Gasteiger partial charge on any atom is -0.456 e. The molecule has 106 valence electrons. The molecule has 0 fully saturated rings. The Morgan fingerprint density at radius 3 is 2.26 bits per heavy atom. The van der Waals surface area contributed by atoms with Gasteiger partial charge >= 0.3 is 12.3 Å². The van der Waals surface area contributed by atoms with E-state index in [1.807, 2.05) is 0 Å². The van der Waals surface area contributed by atoms with Gasteiger partial charge in [0.25, 0.3) is 0 Å². The Morgan fingerprint density at radius 2 is 1.79 bits per heavy atom. The number of nitrogen functional groups attached to an aromatic ring is 1. The van der Waals surface area contributed by atoms with Crippen LogP contribution >= 0.6 is 0 Å². The Hall–Kier alpha value is -1.92. The van der Waals surface area contributed by atoms with Crippen molar-refractivity contribution >= 4 is 11.7 Å². The van der Waals surface area contributed by atoms with Gasteiger partial charge in [-0.1, -0.05) is 0 Å². The van der Waals surface area contributed by atoms with Crippen LogP contribution in [0.1, 0.15) is 31.1 Å². The number of halogens is 3. The third-order valence-electron chi connectivity index (χ3n) is 1.85. The average molecular weight is 277 g/mol. The van der Waals surface area contributed by atoms with Crippen molar-refractivity contribution < 1.29 is 27.4 Å². The van der Waals surface area contributed by atoms with Crippen LogP contribution < -0.4 is 10.5 Å². The first-order valence-electron chi connectivity index (χ1n) is 5.36. The van der Waals surface area contributed by atoms with Crippen LogP contribution in [0.15, 0.2) is 18.2 Å². The number of ether oxygens (including phenoxy) is 2. The maximum atomic E-state index is 12.2. The van der Waals surface area contributed by atoms with E-state index in [0.717, 1.165) is 12.1 Å². The monoisotopic (exact) mass is 277 g/mol. The first-order chi connectivity index (χ1) is 8.48. The molecule has 0 atom stereocenters. The second kappa shape index (κ2) is 4.99. The number of carbonyl (C=O) groups excluding carboxylic acids is 1. The fraction of sp³-hybridized carbons (Fsp3) is 0.417. The number of hydrogen-bond donors (Lipinski definition) is 1. The molecule has 1 aromatic carbocycles. The van der Waals surface area contributed by atoms with Gasteiger partial charge in [-0.2, -0.15) is 0 Å². The van der Waals surface area contributed by atoms with Gasteiger partial charge < -0.3 is 15.2 Å². The van der Waals surface area contributed by atoms with Crippen LogP contribution in [0.4, 0.5) is 18.9 Å². The highest BCUT2D eigenvalue weighted by molar-refractivity contribution is 5.93. The maximum absolute atomic E-state index is 12.2. The summed E-state index contributed by atoms with van der Waals surface area (Å²) in [6.07, 6.45) is -4.90. The third kappa shape index (κ3) is 5.07. The summed E-state index contributed by atoms with van der Waals surface area (Å²) >= 11 is 0. The summed E-state index contributed by atoms with van der Waals surface area (Å²) in [6, 6.07) is 3.26. The zero-order chi connectivity index (χ0) is 14.8. The summed E-state index contributed by atoms with van der Waals surface area (Å²) in [5.74, 6) is -1.57. The minimum atomic E-state index is -4.90. The number of alkyl halides is 3. The van der Waals surface area contributed by atoms with Gasteiger partial charge in [-0.15, -0.1) is 13.2 Å². The smallest absolute Gasteiger partial charge is 0.456 e. The Kier molecular flexibility index (Phi) is 3.97. The van der Waals surface area contributed by atoms with Crippen molar-refractivity contribution in [1.82, 2.24) is 0 Å². The number of nitrogens with two attached hydrogens (primary N) is 1. The molecule has 0 saturated heterocycles. The fourth-order valence-electron chi connectivity index (χ4n) is 1.25. The number of esters is 1. The lowest BCUT2D eigenvalue weighted by molar-refractivity contribution is -0.274. The van der Waals surface area contributed by atoms with E-state index >= 15 is 0 Å². The number of anilines is 1. The lowest BCUT2D eigenvalue weighted by atomic mass is 10.1. The van der Waals surface area contributed by atoms with Crippen molar-refractivity contribution in [2.75, 3.05) is 5.73 Å². The fourth-order valence-corrected chi connectivity index (χ4v) is 1.25. The molecule has 7 heteroatoms. The molecular weight excluding hydrogens is 263 g/mol. The molecule has 0 bridgehead atoms. The van der Waals surface area contributed by atoms with Crippen molar-refractivity contribution in [1.29, 1.82) is 0 Å². The molecule has 0 aliphatic carbocycles. The van der Waals surface area contributed by atoms with Crippen LogP contribution in [0.2, 0.25) is 0 Å². The largest absolute Gasteiger partial charge is 0.573 e. The molecule has 0 aliphatic rings. The molecule has 1 aromatic rings. The normalized spacial score (nSPS) is 12.1. The Labute approximate surface area is 108 Å². The number of carbonyl (C=O) groups is 1. The first kappa shape index (κ1) is 15.1. The average Bonchev–Trinajstić information content (AvgIpc) is 2.16. The molecule has 0 heterocycles.